The van der Waals surface area contributed by atoms with Crippen molar-refractivity contribution in [1.29, 1.82) is 0 Å². The van der Waals surface area contributed by atoms with Gasteiger partial charge in [-0.05, 0) is 55.0 Å². The SMILES string of the molecule is COc1ccccc1NC(=O)c1ccc(NC(=O)c2ccccc2C)cc1. The van der Waals surface area contributed by atoms with Crippen LogP contribution in [-0.2, 0) is 0 Å². The zero-order valence-corrected chi connectivity index (χ0v) is 15.2. The van der Waals surface area contributed by atoms with Crippen molar-refractivity contribution in [3.05, 3.63) is 89.5 Å². The molecule has 0 aliphatic carbocycles. The lowest BCUT2D eigenvalue weighted by molar-refractivity contribution is 0.101. The summed E-state index contributed by atoms with van der Waals surface area (Å²) in [5.74, 6) is 0.156. The predicted octanol–water partition coefficient (Wildman–Crippen LogP) is 4.51. The van der Waals surface area contributed by atoms with Crippen LogP contribution >= 0.6 is 0 Å². The highest BCUT2D eigenvalue weighted by atomic mass is 16.5. The van der Waals surface area contributed by atoms with Gasteiger partial charge < -0.3 is 15.4 Å². The molecule has 0 spiro atoms. The average Bonchev–Trinajstić information content (AvgIpc) is 2.69. The normalized spacial score (nSPS) is 10.1. The lowest BCUT2D eigenvalue weighted by Crippen LogP contribution is -2.14. The fourth-order valence-corrected chi connectivity index (χ4v) is 2.67. The number of carbonyl (C=O) groups is 2. The Morgan fingerprint density at radius 1 is 0.778 bits per heavy atom. The Balaban J connectivity index is 1.69. The fourth-order valence-electron chi connectivity index (χ4n) is 2.67. The molecule has 2 N–H and O–H groups in total. The molecule has 0 aliphatic rings. The first-order valence-corrected chi connectivity index (χ1v) is 8.50. The smallest absolute Gasteiger partial charge is 0.255 e. The number of para-hydroxylation sites is 2. The van der Waals surface area contributed by atoms with Gasteiger partial charge in [0.2, 0.25) is 0 Å². The fraction of sp³-hybridized carbons (Fsp3) is 0.0909. The number of hydrogen-bond donors (Lipinski definition) is 2. The Bertz CT molecular complexity index is 965. The number of nitrogens with one attached hydrogen (secondary N) is 2. The molecule has 0 atom stereocenters. The number of rotatable bonds is 5. The predicted molar refractivity (Wildman–Crippen MR) is 107 cm³/mol. The van der Waals surface area contributed by atoms with E-state index in [1.807, 2.05) is 37.3 Å². The van der Waals surface area contributed by atoms with Crippen molar-refractivity contribution in [2.24, 2.45) is 0 Å². The van der Waals surface area contributed by atoms with Crippen LogP contribution in [0.4, 0.5) is 11.4 Å². The van der Waals surface area contributed by atoms with Crippen molar-refractivity contribution >= 4 is 23.2 Å². The molecule has 0 radical (unpaired) electrons. The van der Waals surface area contributed by atoms with Gasteiger partial charge in [-0.15, -0.1) is 0 Å². The van der Waals surface area contributed by atoms with Crippen LogP contribution in [0.25, 0.3) is 0 Å². The molecule has 0 bridgehead atoms. The molecule has 0 saturated heterocycles. The van der Waals surface area contributed by atoms with E-state index in [2.05, 4.69) is 10.6 Å². The molecule has 3 aromatic carbocycles. The maximum Gasteiger partial charge on any atom is 0.255 e. The van der Waals surface area contributed by atoms with Gasteiger partial charge in [0.1, 0.15) is 5.75 Å². The molecule has 27 heavy (non-hydrogen) atoms. The molecule has 3 aromatic rings. The van der Waals surface area contributed by atoms with Crippen molar-refractivity contribution in [3.8, 4) is 5.75 Å². The minimum Gasteiger partial charge on any atom is -0.495 e. The molecule has 2 amide bonds. The summed E-state index contributed by atoms with van der Waals surface area (Å²) in [6.07, 6.45) is 0. The third kappa shape index (κ3) is 4.33. The molecule has 0 aromatic heterocycles. The summed E-state index contributed by atoms with van der Waals surface area (Å²) in [5.41, 5.74) is 3.23. The number of hydrogen-bond acceptors (Lipinski definition) is 3. The molecule has 136 valence electrons. The number of amides is 2. The minimum atomic E-state index is -0.253. The molecule has 3 rings (SSSR count). The monoisotopic (exact) mass is 360 g/mol. The Kier molecular flexibility index (Phi) is 5.52. The number of methoxy groups -OCH3 is 1. The molecule has 0 aliphatic heterocycles. The lowest BCUT2D eigenvalue weighted by atomic mass is 10.1. The second kappa shape index (κ2) is 8.19. The number of ether oxygens (including phenoxy) is 1. The topological polar surface area (TPSA) is 67.4 Å². The Labute approximate surface area is 158 Å². The van der Waals surface area contributed by atoms with Crippen LogP contribution < -0.4 is 15.4 Å². The van der Waals surface area contributed by atoms with E-state index in [1.54, 1.807) is 49.6 Å². The summed E-state index contributed by atoms with van der Waals surface area (Å²) >= 11 is 0. The van der Waals surface area contributed by atoms with Gasteiger partial charge in [0, 0.05) is 16.8 Å². The van der Waals surface area contributed by atoms with E-state index in [1.165, 1.54) is 0 Å². The van der Waals surface area contributed by atoms with E-state index in [-0.39, 0.29) is 11.8 Å². The van der Waals surface area contributed by atoms with Crippen LogP contribution in [0.1, 0.15) is 26.3 Å². The van der Waals surface area contributed by atoms with Gasteiger partial charge >= 0.3 is 0 Å². The standard InChI is InChI=1S/C22H20N2O3/c1-15-7-3-4-8-18(15)22(26)23-17-13-11-16(12-14-17)21(25)24-19-9-5-6-10-20(19)27-2/h3-14H,1-2H3,(H,23,26)(H,24,25). The zero-order valence-electron chi connectivity index (χ0n) is 15.2. The minimum absolute atomic E-state index is 0.181. The number of carbonyl (C=O) groups excluding carboxylic acids is 2. The maximum absolute atomic E-state index is 12.4. The largest absolute Gasteiger partial charge is 0.495 e. The highest BCUT2D eigenvalue weighted by Gasteiger charge is 2.11. The summed E-state index contributed by atoms with van der Waals surface area (Å²) in [5, 5.41) is 5.66. The quantitative estimate of drug-likeness (QED) is 0.703. The van der Waals surface area contributed by atoms with E-state index < -0.39 is 0 Å². The Morgan fingerprint density at radius 2 is 1.44 bits per heavy atom. The van der Waals surface area contributed by atoms with Gasteiger partial charge in [0.15, 0.2) is 0 Å². The Hall–Kier alpha value is -3.60. The van der Waals surface area contributed by atoms with Crippen molar-refractivity contribution in [2.75, 3.05) is 17.7 Å². The average molecular weight is 360 g/mol. The van der Waals surface area contributed by atoms with Crippen LogP contribution in [0.15, 0.2) is 72.8 Å². The number of aryl methyl sites for hydroxylation is 1. The van der Waals surface area contributed by atoms with E-state index in [4.69, 9.17) is 4.74 Å². The van der Waals surface area contributed by atoms with Crippen molar-refractivity contribution in [1.82, 2.24) is 0 Å². The van der Waals surface area contributed by atoms with E-state index in [0.29, 0.717) is 28.3 Å². The summed E-state index contributed by atoms with van der Waals surface area (Å²) in [7, 11) is 1.55. The first-order valence-electron chi connectivity index (χ1n) is 8.50. The van der Waals surface area contributed by atoms with Crippen molar-refractivity contribution < 1.29 is 14.3 Å². The lowest BCUT2D eigenvalue weighted by Gasteiger charge is -2.11. The molecule has 0 saturated carbocycles. The first kappa shape index (κ1) is 18.2. The van der Waals surface area contributed by atoms with Gasteiger partial charge in [-0.2, -0.15) is 0 Å². The third-order valence-electron chi connectivity index (χ3n) is 4.15. The highest BCUT2D eigenvalue weighted by Crippen LogP contribution is 2.24. The summed E-state index contributed by atoms with van der Waals surface area (Å²) in [6.45, 7) is 1.89. The summed E-state index contributed by atoms with van der Waals surface area (Å²) in [4.78, 5) is 24.8. The molecule has 0 heterocycles. The van der Waals surface area contributed by atoms with Gasteiger partial charge in [-0.25, -0.2) is 0 Å². The number of anilines is 2. The highest BCUT2D eigenvalue weighted by molar-refractivity contribution is 6.07. The molecule has 5 nitrogen and oxygen atoms in total. The van der Waals surface area contributed by atoms with E-state index in [0.717, 1.165) is 5.56 Å². The molecular weight excluding hydrogens is 340 g/mol. The Morgan fingerprint density at radius 3 is 2.15 bits per heavy atom. The first-order chi connectivity index (χ1) is 13.1. The molecule has 0 fully saturated rings. The van der Waals surface area contributed by atoms with Crippen molar-refractivity contribution in [2.45, 2.75) is 6.92 Å². The van der Waals surface area contributed by atoms with Crippen LogP contribution in [0.2, 0.25) is 0 Å². The summed E-state index contributed by atoms with van der Waals surface area (Å²) < 4.78 is 5.23. The van der Waals surface area contributed by atoms with Crippen molar-refractivity contribution in [3.63, 3.8) is 0 Å². The van der Waals surface area contributed by atoms with Crippen LogP contribution in [0.5, 0.6) is 5.75 Å². The van der Waals surface area contributed by atoms with E-state index in [9.17, 15) is 9.59 Å². The number of benzene rings is 3. The third-order valence-corrected chi connectivity index (χ3v) is 4.15. The van der Waals surface area contributed by atoms with Crippen LogP contribution in [-0.4, -0.2) is 18.9 Å². The van der Waals surface area contributed by atoms with E-state index >= 15 is 0 Å². The maximum atomic E-state index is 12.4. The van der Waals surface area contributed by atoms with Crippen LogP contribution in [0.3, 0.4) is 0 Å². The van der Waals surface area contributed by atoms with Gasteiger partial charge in [-0.1, -0.05) is 30.3 Å². The van der Waals surface area contributed by atoms with Gasteiger partial charge in [0.05, 0.1) is 12.8 Å². The second-order valence-corrected chi connectivity index (χ2v) is 6.00. The van der Waals surface area contributed by atoms with Crippen LogP contribution in [0, 0.1) is 6.92 Å². The molecule has 0 unspecified atom stereocenters. The second-order valence-electron chi connectivity index (χ2n) is 6.00. The van der Waals surface area contributed by atoms with Gasteiger partial charge in [0.25, 0.3) is 11.8 Å². The van der Waals surface area contributed by atoms with Gasteiger partial charge in [-0.3, -0.25) is 9.59 Å². The zero-order chi connectivity index (χ0) is 19.2. The summed E-state index contributed by atoms with van der Waals surface area (Å²) in [6, 6.07) is 21.3. The molecule has 5 heteroatoms. The molecular formula is C22H20N2O3.